The monoisotopic (exact) mass is 246 g/mol. The Bertz CT molecular complexity index is 353. The van der Waals surface area contributed by atoms with E-state index in [2.05, 4.69) is 18.7 Å². The highest BCUT2D eigenvalue weighted by molar-refractivity contribution is 6.42. The average molecular weight is 247 g/mol. The van der Waals surface area contributed by atoms with E-state index < -0.39 is 0 Å². The molecule has 0 bridgehead atoms. The van der Waals surface area contributed by atoms with Gasteiger partial charge in [0.25, 0.3) is 0 Å². The minimum atomic E-state index is 0.421. The molecule has 0 aliphatic carbocycles. The second-order valence-electron chi connectivity index (χ2n) is 3.69. The summed E-state index contributed by atoms with van der Waals surface area (Å²) in [6, 6.07) is 3.92. The first-order chi connectivity index (χ1) is 6.97. The Balaban J connectivity index is 3.09. The maximum atomic E-state index is 5.96. The predicted octanol–water partition coefficient (Wildman–Crippen LogP) is 3.81. The van der Waals surface area contributed by atoms with Gasteiger partial charge in [-0.15, -0.1) is 0 Å². The third kappa shape index (κ3) is 2.70. The number of rotatable bonds is 3. The summed E-state index contributed by atoms with van der Waals surface area (Å²) in [5.74, 6) is 0. The number of nitrogen functional groups attached to an aromatic ring is 1. The van der Waals surface area contributed by atoms with Crippen molar-refractivity contribution < 1.29 is 0 Å². The van der Waals surface area contributed by atoms with Crippen LogP contribution in [0.2, 0.25) is 10.0 Å². The van der Waals surface area contributed by atoms with Gasteiger partial charge in [-0.05, 0) is 25.5 Å². The SMILES string of the molecule is CCC(C)N(C)c1cc(Cl)c(Cl)cc1N. The highest BCUT2D eigenvalue weighted by Gasteiger charge is 2.12. The number of nitrogens with zero attached hydrogens (tertiary/aromatic N) is 1. The van der Waals surface area contributed by atoms with Gasteiger partial charge in [-0.2, -0.15) is 0 Å². The van der Waals surface area contributed by atoms with E-state index in [4.69, 9.17) is 28.9 Å². The molecule has 0 saturated carbocycles. The van der Waals surface area contributed by atoms with Crippen LogP contribution >= 0.6 is 23.2 Å². The number of nitrogens with two attached hydrogens (primary N) is 1. The minimum Gasteiger partial charge on any atom is -0.397 e. The highest BCUT2D eigenvalue weighted by atomic mass is 35.5. The lowest BCUT2D eigenvalue weighted by Gasteiger charge is -2.27. The van der Waals surface area contributed by atoms with Gasteiger partial charge < -0.3 is 10.6 Å². The molecule has 2 nitrogen and oxygen atoms in total. The summed E-state index contributed by atoms with van der Waals surface area (Å²) in [6.07, 6.45) is 1.05. The lowest BCUT2D eigenvalue weighted by Crippen LogP contribution is -2.28. The summed E-state index contributed by atoms with van der Waals surface area (Å²) < 4.78 is 0. The number of anilines is 2. The molecular weight excluding hydrogens is 231 g/mol. The largest absolute Gasteiger partial charge is 0.397 e. The first-order valence-corrected chi connectivity index (χ1v) is 5.70. The molecule has 1 atom stereocenters. The molecule has 0 aliphatic rings. The smallest absolute Gasteiger partial charge is 0.0615 e. The van der Waals surface area contributed by atoms with Gasteiger partial charge in [0.15, 0.2) is 0 Å². The van der Waals surface area contributed by atoms with Gasteiger partial charge in [-0.1, -0.05) is 30.1 Å². The quantitative estimate of drug-likeness (QED) is 0.823. The molecular formula is C11H16Cl2N2. The summed E-state index contributed by atoms with van der Waals surface area (Å²) in [4.78, 5) is 2.11. The van der Waals surface area contributed by atoms with Crippen LogP contribution in [-0.4, -0.2) is 13.1 Å². The molecule has 15 heavy (non-hydrogen) atoms. The van der Waals surface area contributed by atoms with E-state index in [1.807, 2.05) is 13.1 Å². The predicted molar refractivity (Wildman–Crippen MR) is 69.0 cm³/mol. The molecule has 0 aliphatic heterocycles. The van der Waals surface area contributed by atoms with Crippen molar-refractivity contribution in [2.45, 2.75) is 26.3 Å². The van der Waals surface area contributed by atoms with Crippen LogP contribution in [0.4, 0.5) is 11.4 Å². The maximum absolute atomic E-state index is 5.96. The number of benzene rings is 1. The van der Waals surface area contributed by atoms with Crippen molar-refractivity contribution >= 4 is 34.6 Å². The summed E-state index contributed by atoms with van der Waals surface area (Å²) in [7, 11) is 2.00. The zero-order chi connectivity index (χ0) is 11.6. The highest BCUT2D eigenvalue weighted by Crippen LogP contribution is 2.33. The molecule has 4 heteroatoms. The molecule has 0 radical (unpaired) electrons. The Kier molecular flexibility index (Phi) is 4.12. The molecule has 1 unspecified atom stereocenters. The molecule has 2 N–H and O–H groups in total. The third-order valence-corrected chi connectivity index (χ3v) is 3.42. The van der Waals surface area contributed by atoms with Crippen molar-refractivity contribution in [2.24, 2.45) is 0 Å². The molecule has 1 rings (SSSR count). The molecule has 0 aromatic heterocycles. The van der Waals surface area contributed by atoms with Gasteiger partial charge >= 0.3 is 0 Å². The third-order valence-electron chi connectivity index (χ3n) is 2.70. The number of halogens is 2. The van der Waals surface area contributed by atoms with Crippen molar-refractivity contribution in [3.05, 3.63) is 22.2 Å². The molecule has 0 fully saturated rings. The van der Waals surface area contributed by atoms with E-state index in [0.717, 1.165) is 12.1 Å². The van der Waals surface area contributed by atoms with Crippen LogP contribution in [0.1, 0.15) is 20.3 Å². The fourth-order valence-electron chi connectivity index (χ4n) is 1.37. The molecule has 0 spiro atoms. The lowest BCUT2D eigenvalue weighted by atomic mass is 10.2. The van der Waals surface area contributed by atoms with Gasteiger partial charge in [0.1, 0.15) is 0 Å². The van der Waals surface area contributed by atoms with E-state index >= 15 is 0 Å². The van der Waals surface area contributed by atoms with Crippen LogP contribution in [-0.2, 0) is 0 Å². The Hall–Kier alpha value is -0.600. The van der Waals surface area contributed by atoms with Crippen molar-refractivity contribution in [3.8, 4) is 0 Å². The zero-order valence-electron chi connectivity index (χ0n) is 9.22. The second-order valence-corrected chi connectivity index (χ2v) is 4.51. The van der Waals surface area contributed by atoms with Crippen molar-refractivity contribution in [1.82, 2.24) is 0 Å². The standard InChI is InChI=1S/C11H16Cl2N2/c1-4-7(2)15(3)11-6-9(13)8(12)5-10(11)14/h5-7H,4,14H2,1-3H3. The maximum Gasteiger partial charge on any atom is 0.0615 e. The van der Waals surface area contributed by atoms with Crippen LogP contribution in [0.15, 0.2) is 12.1 Å². The summed E-state index contributed by atoms with van der Waals surface area (Å²) >= 11 is 11.8. The van der Waals surface area contributed by atoms with E-state index in [9.17, 15) is 0 Å². The Labute approximate surface area is 101 Å². The summed E-state index contributed by atoms with van der Waals surface area (Å²) in [6.45, 7) is 4.27. The first-order valence-electron chi connectivity index (χ1n) is 4.94. The summed E-state index contributed by atoms with van der Waals surface area (Å²) in [5.41, 5.74) is 7.49. The molecule has 0 amide bonds. The van der Waals surface area contributed by atoms with E-state index in [0.29, 0.717) is 21.8 Å². The number of hydrogen-bond acceptors (Lipinski definition) is 2. The van der Waals surface area contributed by atoms with Crippen LogP contribution < -0.4 is 10.6 Å². The normalized spacial score (nSPS) is 12.6. The van der Waals surface area contributed by atoms with Gasteiger partial charge in [0.05, 0.1) is 21.4 Å². The molecule has 0 heterocycles. The zero-order valence-corrected chi connectivity index (χ0v) is 10.7. The van der Waals surface area contributed by atoms with Gasteiger partial charge in [0.2, 0.25) is 0 Å². The summed E-state index contributed by atoms with van der Waals surface area (Å²) in [5, 5.41) is 1.03. The Morgan fingerprint density at radius 2 is 1.87 bits per heavy atom. The van der Waals surface area contributed by atoms with Crippen LogP contribution in [0.5, 0.6) is 0 Å². The van der Waals surface area contributed by atoms with Crippen LogP contribution in [0.3, 0.4) is 0 Å². The second kappa shape index (κ2) is 4.95. The van der Waals surface area contributed by atoms with Crippen LogP contribution in [0.25, 0.3) is 0 Å². The van der Waals surface area contributed by atoms with Gasteiger partial charge in [0, 0.05) is 13.1 Å². The Morgan fingerprint density at radius 1 is 1.33 bits per heavy atom. The topological polar surface area (TPSA) is 29.3 Å². The van der Waals surface area contributed by atoms with Gasteiger partial charge in [-0.25, -0.2) is 0 Å². The van der Waals surface area contributed by atoms with E-state index in [-0.39, 0.29) is 0 Å². The minimum absolute atomic E-state index is 0.421. The van der Waals surface area contributed by atoms with E-state index in [1.165, 1.54) is 0 Å². The average Bonchev–Trinajstić information content (AvgIpc) is 2.21. The van der Waals surface area contributed by atoms with Crippen molar-refractivity contribution in [3.63, 3.8) is 0 Å². The molecule has 1 aromatic rings. The lowest BCUT2D eigenvalue weighted by molar-refractivity contribution is 0.664. The van der Waals surface area contributed by atoms with E-state index in [1.54, 1.807) is 6.07 Å². The number of hydrogen-bond donors (Lipinski definition) is 1. The fourth-order valence-corrected chi connectivity index (χ4v) is 1.70. The fraction of sp³-hybridized carbons (Fsp3) is 0.455. The van der Waals surface area contributed by atoms with Gasteiger partial charge in [-0.3, -0.25) is 0 Å². The Morgan fingerprint density at radius 3 is 2.40 bits per heavy atom. The van der Waals surface area contributed by atoms with Crippen molar-refractivity contribution in [1.29, 1.82) is 0 Å². The first kappa shape index (κ1) is 12.5. The molecule has 1 aromatic carbocycles. The van der Waals surface area contributed by atoms with Crippen molar-refractivity contribution in [2.75, 3.05) is 17.7 Å². The molecule has 84 valence electrons. The van der Waals surface area contributed by atoms with Crippen LogP contribution in [0, 0.1) is 0 Å². The molecule has 0 saturated heterocycles.